The quantitative estimate of drug-likeness (QED) is 0.0813. The predicted molar refractivity (Wildman–Crippen MR) is 146 cm³/mol. The molecule has 0 amide bonds. The highest BCUT2D eigenvalue weighted by atomic mass is 127. The van der Waals surface area contributed by atoms with Crippen molar-refractivity contribution in [2.45, 2.75) is 0 Å². The molecule has 0 atom stereocenters. The topological polar surface area (TPSA) is 134 Å². The molecule has 182 valence electrons. The Morgan fingerprint density at radius 3 is 2.54 bits per heavy atom. The smallest absolute Gasteiger partial charge is 0.318 e. The third-order valence-corrected chi connectivity index (χ3v) is 5.91. The zero-order valence-corrected chi connectivity index (χ0v) is 20.9. The molecule has 0 aliphatic heterocycles. The first-order valence-corrected chi connectivity index (χ1v) is 11.8. The number of oxazole rings is 1. The Hall–Kier alpha value is -4.65. The minimum Gasteiger partial charge on any atom is -0.450 e. The van der Waals surface area contributed by atoms with Crippen LogP contribution in [0.1, 0.15) is 5.56 Å². The van der Waals surface area contributed by atoms with E-state index in [1.165, 1.54) is 6.07 Å². The number of aliphatic imine (C=N–C) groups is 1. The van der Waals surface area contributed by atoms with Crippen molar-refractivity contribution in [3.8, 4) is 23.0 Å². The molecule has 37 heavy (non-hydrogen) atoms. The molecule has 4 aromatic carbocycles. The number of halogens is 1. The van der Waals surface area contributed by atoms with Gasteiger partial charge in [0.15, 0.2) is 5.58 Å². The van der Waals surface area contributed by atoms with Crippen LogP contribution < -0.4 is 4.74 Å². The van der Waals surface area contributed by atoms with Gasteiger partial charge in [-0.25, -0.2) is 4.98 Å². The lowest BCUT2D eigenvalue weighted by Crippen LogP contribution is -1.96. The first kappa shape index (κ1) is 24.1. The SMILES string of the molecule is O=[N+]([O-])c1ccc(Oc2cccc(C=Nc3ccc4oc(-c5cccc(I)c5)nc4c3)c2)c([N+](=O)[O-])c1. The van der Waals surface area contributed by atoms with Gasteiger partial charge in [-0.3, -0.25) is 25.2 Å². The second kappa shape index (κ2) is 10.1. The fourth-order valence-corrected chi connectivity index (χ4v) is 4.07. The van der Waals surface area contributed by atoms with Crippen molar-refractivity contribution < 1.29 is 19.0 Å². The van der Waals surface area contributed by atoms with Crippen molar-refractivity contribution in [1.29, 1.82) is 0 Å². The van der Waals surface area contributed by atoms with E-state index in [-0.39, 0.29) is 5.75 Å². The zero-order chi connectivity index (χ0) is 25.9. The normalized spacial score (nSPS) is 11.2. The van der Waals surface area contributed by atoms with Gasteiger partial charge in [-0.15, -0.1) is 0 Å². The van der Waals surface area contributed by atoms with Crippen molar-refractivity contribution in [2.75, 3.05) is 0 Å². The van der Waals surface area contributed by atoms with E-state index in [0.29, 0.717) is 34.0 Å². The molecular formula is C26H15IN4O6. The van der Waals surface area contributed by atoms with E-state index >= 15 is 0 Å². The minimum absolute atomic E-state index is 0.106. The van der Waals surface area contributed by atoms with Gasteiger partial charge in [-0.1, -0.05) is 18.2 Å². The van der Waals surface area contributed by atoms with Gasteiger partial charge in [-0.2, -0.15) is 0 Å². The number of fused-ring (bicyclic) bond motifs is 1. The summed E-state index contributed by atoms with van der Waals surface area (Å²) in [5.41, 5.74) is 2.65. The first-order chi connectivity index (χ1) is 17.9. The van der Waals surface area contributed by atoms with Crippen molar-refractivity contribution >= 4 is 57.0 Å². The highest BCUT2D eigenvalue weighted by Crippen LogP contribution is 2.34. The van der Waals surface area contributed by atoms with Gasteiger partial charge in [0.2, 0.25) is 11.6 Å². The molecule has 0 aliphatic carbocycles. The second-order valence-electron chi connectivity index (χ2n) is 7.78. The highest BCUT2D eigenvalue weighted by Gasteiger charge is 2.21. The fraction of sp³-hybridized carbons (Fsp3) is 0. The summed E-state index contributed by atoms with van der Waals surface area (Å²) in [4.78, 5) is 30.0. The molecule has 0 spiro atoms. The molecule has 5 aromatic rings. The van der Waals surface area contributed by atoms with Crippen LogP contribution in [0.2, 0.25) is 0 Å². The number of hydrogen-bond donors (Lipinski definition) is 0. The maximum atomic E-state index is 11.4. The summed E-state index contributed by atoms with van der Waals surface area (Å²) >= 11 is 2.24. The molecule has 0 saturated heterocycles. The van der Waals surface area contributed by atoms with Gasteiger partial charge >= 0.3 is 5.69 Å². The summed E-state index contributed by atoms with van der Waals surface area (Å²) in [7, 11) is 0. The van der Waals surface area contributed by atoms with Crippen LogP contribution in [0.25, 0.3) is 22.6 Å². The maximum Gasteiger partial charge on any atom is 0.318 e. The average molecular weight is 606 g/mol. The standard InChI is InChI=1S/C26H15IN4O6/c27-18-5-2-4-17(12-18)26-29-22-13-19(7-9-24(22)37-26)28-15-16-3-1-6-21(11-16)36-25-10-8-20(30(32)33)14-23(25)31(34)35/h1-15H. The van der Waals surface area contributed by atoms with E-state index < -0.39 is 21.2 Å². The van der Waals surface area contributed by atoms with Gasteiger partial charge in [0.25, 0.3) is 5.69 Å². The van der Waals surface area contributed by atoms with Gasteiger partial charge in [0.05, 0.1) is 21.6 Å². The van der Waals surface area contributed by atoms with Crippen LogP contribution in [-0.2, 0) is 0 Å². The van der Waals surface area contributed by atoms with Crippen LogP contribution in [0.3, 0.4) is 0 Å². The van der Waals surface area contributed by atoms with Crippen LogP contribution >= 0.6 is 22.6 Å². The second-order valence-corrected chi connectivity index (χ2v) is 9.03. The van der Waals surface area contributed by atoms with E-state index in [1.54, 1.807) is 36.5 Å². The number of benzene rings is 4. The molecule has 0 aliphatic rings. The Kier molecular flexibility index (Phi) is 6.60. The summed E-state index contributed by atoms with van der Waals surface area (Å²) in [6.07, 6.45) is 1.62. The number of ether oxygens (including phenoxy) is 1. The molecule has 0 saturated carbocycles. The van der Waals surface area contributed by atoms with Gasteiger partial charge in [0.1, 0.15) is 11.3 Å². The van der Waals surface area contributed by atoms with Crippen LogP contribution in [-0.4, -0.2) is 21.0 Å². The van der Waals surface area contributed by atoms with E-state index in [2.05, 4.69) is 32.6 Å². The number of nitro benzene ring substituents is 2. The van der Waals surface area contributed by atoms with Crippen LogP contribution in [0, 0.1) is 23.8 Å². The Morgan fingerprint density at radius 2 is 1.76 bits per heavy atom. The van der Waals surface area contributed by atoms with Crippen LogP contribution in [0.4, 0.5) is 17.1 Å². The molecule has 1 aromatic heterocycles. The van der Waals surface area contributed by atoms with E-state index in [4.69, 9.17) is 9.15 Å². The summed E-state index contributed by atoms with van der Waals surface area (Å²) in [5.74, 6) is 0.736. The lowest BCUT2D eigenvalue weighted by atomic mass is 10.2. The molecular weight excluding hydrogens is 591 g/mol. The molecule has 0 bridgehead atoms. The Labute approximate surface area is 222 Å². The molecule has 11 heteroatoms. The summed E-state index contributed by atoms with van der Waals surface area (Å²) < 4.78 is 12.6. The van der Waals surface area contributed by atoms with E-state index in [0.717, 1.165) is 21.3 Å². The van der Waals surface area contributed by atoms with Crippen LogP contribution in [0.5, 0.6) is 11.5 Å². The largest absolute Gasteiger partial charge is 0.450 e. The molecule has 1 heterocycles. The Morgan fingerprint density at radius 1 is 0.919 bits per heavy atom. The minimum atomic E-state index is -0.725. The molecule has 0 N–H and O–H groups in total. The molecule has 5 rings (SSSR count). The molecule has 0 radical (unpaired) electrons. The summed E-state index contributed by atoms with van der Waals surface area (Å²) in [6, 6.07) is 23.3. The lowest BCUT2D eigenvalue weighted by molar-refractivity contribution is -0.394. The fourth-order valence-electron chi connectivity index (χ4n) is 3.52. The Balaban J connectivity index is 1.37. The lowest BCUT2D eigenvalue weighted by Gasteiger charge is -2.07. The zero-order valence-electron chi connectivity index (χ0n) is 18.8. The molecule has 0 unspecified atom stereocenters. The summed E-state index contributed by atoms with van der Waals surface area (Å²) in [5, 5.41) is 22.3. The van der Waals surface area contributed by atoms with Crippen LogP contribution in [0.15, 0.2) is 94.3 Å². The number of nitrogens with zero attached hydrogens (tertiary/aromatic N) is 4. The van der Waals surface area contributed by atoms with Crippen molar-refractivity contribution in [2.24, 2.45) is 4.99 Å². The number of rotatable bonds is 7. The first-order valence-electron chi connectivity index (χ1n) is 10.8. The third kappa shape index (κ3) is 5.46. The van der Waals surface area contributed by atoms with Gasteiger partial charge in [-0.05, 0) is 82.8 Å². The molecule has 10 nitrogen and oxygen atoms in total. The highest BCUT2D eigenvalue weighted by molar-refractivity contribution is 14.1. The maximum absolute atomic E-state index is 11.4. The monoisotopic (exact) mass is 606 g/mol. The average Bonchev–Trinajstić information content (AvgIpc) is 3.31. The number of nitro groups is 2. The van der Waals surface area contributed by atoms with E-state index in [1.807, 2.05) is 36.4 Å². The predicted octanol–water partition coefficient (Wildman–Crippen LogP) is 7.46. The van der Waals surface area contributed by atoms with Crippen molar-refractivity contribution in [3.05, 3.63) is 114 Å². The Bertz CT molecular complexity index is 1700. The molecule has 0 fully saturated rings. The summed E-state index contributed by atoms with van der Waals surface area (Å²) in [6.45, 7) is 0. The number of hydrogen-bond acceptors (Lipinski definition) is 8. The number of non-ortho nitro benzene ring substituents is 1. The van der Waals surface area contributed by atoms with Crippen molar-refractivity contribution in [3.63, 3.8) is 0 Å². The van der Waals surface area contributed by atoms with E-state index in [9.17, 15) is 20.2 Å². The number of aromatic nitrogens is 1. The van der Waals surface area contributed by atoms with Gasteiger partial charge in [0, 0.05) is 21.4 Å². The third-order valence-electron chi connectivity index (χ3n) is 5.24. The van der Waals surface area contributed by atoms with Gasteiger partial charge < -0.3 is 9.15 Å². The van der Waals surface area contributed by atoms with Crippen molar-refractivity contribution in [1.82, 2.24) is 4.98 Å².